The molecule has 0 fully saturated rings. The topological polar surface area (TPSA) is 19.7 Å². The van der Waals surface area contributed by atoms with Gasteiger partial charge in [-0.05, 0) is 255 Å². The highest BCUT2D eigenvalue weighted by Gasteiger charge is 2.50. The smallest absolute Gasteiger partial charge is 0.0720 e. The average Bonchev–Trinajstić information content (AvgIpc) is 1.51. The summed E-state index contributed by atoms with van der Waals surface area (Å²) in [6.45, 7) is 0. The first-order valence-corrected chi connectivity index (χ1v) is 47.8. The van der Waals surface area contributed by atoms with Crippen LogP contribution in [0.1, 0.15) is 44.5 Å². The van der Waals surface area contributed by atoms with Crippen LogP contribution in [0.25, 0.3) is 199 Å². The third-order valence-corrected chi connectivity index (χ3v) is 29.5. The van der Waals surface area contributed by atoms with E-state index in [4.69, 9.17) is 0 Å². The molecule has 4 heterocycles. The van der Waals surface area contributed by atoms with E-state index < -0.39 is 10.8 Å². The lowest BCUT2D eigenvalue weighted by molar-refractivity contribution is 0.769. The van der Waals surface area contributed by atoms with Crippen LogP contribution < -0.4 is 0 Å². The fourth-order valence-electron chi connectivity index (χ4n) is 23.7. The first-order chi connectivity index (χ1) is 68.5. The Balaban J connectivity index is 0.000000139. The highest BCUT2D eigenvalue weighted by molar-refractivity contribution is 6.21. The molecular weight excluding hydrogens is 1670 g/mol. The number of hydrogen-bond donors (Lipinski definition) is 0. The van der Waals surface area contributed by atoms with Crippen LogP contribution in [-0.4, -0.2) is 18.3 Å². The molecule has 4 nitrogen and oxygen atoms in total. The van der Waals surface area contributed by atoms with E-state index in [0.717, 1.165) is 22.7 Å². The lowest BCUT2D eigenvalue weighted by Crippen LogP contribution is -2.28. The Bertz CT molecular complexity index is 9210. The summed E-state index contributed by atoms with van der Waals surface area (Å²) in [5.41, 5.74) is 42.8. The fourth-order valence-corrected chi connectivity index (χ4v) is 23.7. The van der Waals surface area contributed by atoms with E-state index in [1.165, 1.54) is 221 Å². The molecule has 22 aromatic carbocycles. The van der Waals surface area contributed by atoms with Gasteiger partial charge >= 0.3 is 0 Å². The number of aromatic nitrogens is 4. The van der Waals surface area contributed by atoms with Gasteiger partial charge < -0.3 is 18.3 Å². The summed E-state index contributed by atoms with van der Waals surface area (Å²) in [6.07, 6.45) is 0. The van der Waals surface area contributed by atoms with Crippen molar-refractivity contribution in [2.45, 2.75) is 10.8 Å². The summed E-state index contributed by atoms with van der Waals surface area (Å²) in [7, 11) is 0. The first kappa shape index (κ1) is 79.8. The predicted octanol–water partition coefficient (Wildman–Crippen LogP) is 34.5. The molecule has 0 bridgehead atoms. The highest BCUT2D eigenvalue weighted by Crippen LogP contribution is 2.62. The largest absolute Gasteiger partial charge is 0.309 e. The molecular formula is C134H88N4. The van der Waals surface area contributed by atoms with Gasteiger partial charge in [0.15, 0.2) is 0 Å². The van der Waals surface area contributed by atoms with Gasteiger partial charge in [-0.1, -0.05) is 413 Å². The van der Waals surface area contributed by atoms with Crippen molar-refractivity contribution in [3.63, 3.8) is 0 Å². The molecule has 0 aliphatic heterocycles. The summed E-state index contributed by atoms with van der Waals surface area (Å²) in [5.74, 6) is 0. The van der Waals surface area contributed by atoms with Crippen molar-refractivity contribution in [2.24, 2.45) is 0 Å². The quantitative estimate of drug-likeness (QED) is 0.103. The Morgan fingerprint density at radius 1 is 0.138 bits per heavy atom. The van der Waals surface area contributed by atoms with E-state index >= 15 is 0 Å². The average molecular weight is 1750 g/mol. The minimum atomic E-state index is -0.576. The molecule has 0 saturated heterocycles. The van der Waals surface area contributed by atoms with Crippen LogP contribution in [0.4, 0.5) is 0 Å². The van der Waals surface area contributed by atoms with E-state index in [1.54, 1.807) is 0 Å². The van der Waals surface area contributed by atoms with Crippen molar-refractivity contribution in [3.05, 3.63) is 578 Å². The summed E-state index contributed by atoms with van der Waals surface area (Å²) in [4.78, 5) is 0. The normalized spacial score (nSPS) is 12.8. The molecule has 28 rings (SSSR count). The molecule has 4 heteroatoms. The van der Waals surface area contributed by atoms with Crippen molar-refractivity contribution in [2.75, 3.05) is 0 Å². The molecule has 0 amide bonds. The molecule has 0 unspecified atom stereocenters. The zero-order valence-electron chi connectivity index (χ0n) is 75.6. The van der Waals surface area contributed by atoms with E-state index in [2.05, 4.69) is 552 Å². The van der Waals surface area contributed by atoms with Gasteiger partial charge in [-0.15, -0.1) is 0 Å². The molecule has 0 spiro atoms. The number of fused-ring (bicyclic) bond motifs is 20. The molecule has 0 N–H and O–H groups in total. The maximum Gasteiger partial charge on any atom is 0.0720 e. The van der Waals surface area contributed by atoms with Crippen LogP contribution in [0.15, 0.2) is 534 Å². The lowest BCUT2D eigenvalue weighted by Gasteiger charge is -2.34. The predicted molar refractivity (Wildman–Crippen MR) is 577 cm³/mol. The zero-order chi connectivity index (χ0) is 90.9. The Morgan fingerprint density at radius 2 is 0.406 bits per heavy atom. The minimum absolute atomic E-state index is 0.512. The number of rotatable bonds is 14. The van der Waals surface area contributed by atoms with Crippen LogP contribution in [0.3, 0.4) is 0 Å². The van der Waals surface area contributed by atoms with Crippen molar-refractivity contribution >= 4 is 87.2 Å². The SMILES string of the molecule is c1ccc(-c2cccc(-n3c4ccccc4c4cc(-c5ccc6c(c5)c5c7c(ccc5n6-c5cccc(-c6ccccc6)c5)-c5ccccc5C7(c5ccccc5)c5ccccc5)ccc43)c2)cc1.c1ccc(-c2cccc(-n3c4ccccc4c4cc(-c5ccc6c(c5)c5c7c(ccc5n6-c5cccc(-c6ccccc6)c5)C(c5ccccc5)(c5ccccc5)c5ccccc5-7)ccc43)c2)cc1. The van der Waals surface area contributed by atoms with E-state index in [0.29, 0.717) is 0 Å². The van der Waals surface area contributed by atoms with Crippen LogP contribution in [-0.2, 0) is 10.8 Å². The monoisotopic (exact) mass is 1750 g/mol. The third kappa shape index (κ3) is 12.5. The number of hydrogen-bond acceptors (Lipinski definition) is 0. The summed E-state index contributed by atoms with van der Waals surface area (Å²) >= 11 is 0. The zero-order valence-corrected chi connectivity index (χ0v) is 75.6. The number of benzene rings is 22. The van der Waals surface area contributed by atoms with Gasteiger partial charge in [-0.2, -0.15) is 0 Å². The van der Waals surface area contributed by atoms with Gasteiger partial charge in [0.25, 0.3) is 0 Å². The maximum atomic E-state index is 2.51. The van der Waals surface area contributed by atoms with Crippen LogP contribution in [0.2, 0.25) is 0 Å². The van der Waals surface area contributed by atoms with Crippen molar-refractivity contribution in [3.8, 4) is 112 Å². The van der Waals surface area contributed by atoms with Gasteiger partial charge in [0.05, 0.1) is 55.0 Å². The summed E-state index contributed by atoms with van der Waals surface area (Å²) in [6, 6.07) is 197. The van der Waals surface area contributed by atoms with Crippen molar-refractivity contribution in [1.29, 1.82) is 0 Å². The van der Waals surface area contributed by atoms with E-state index in [9.17, 15) is 0 Å². The van der Waals surface area contributed by atoms with Gasteiger partial charge in [-0.25, -0.2) is 0 Å². The standard InChI is InChI=1S/2C67H44N2/c1-5-19-45(20-6-1)47-23-17-29-53(41-47)68-61-34-16-14-31-55(61)57-43-49(35-38-62(57)68)50-36-39-63-58(44-50)66-64(69(63)54-30-18-24-48(42-54)46-21-7-2-8-22-46)40-37-60-65(66)56-32-13-15-33-59(56)67(60,51-25-9-3-10-26-51)52-27-11-4-12-28-52;1-5-19-45(20-6-1)47-23-17-29-53(41-47)68-61-34-16-14-32-56(61)58-43-49(35-38-62(58)68)50-36-39-63-59(44-50)65-64(69(63)54-30-18-24-48(42-54)46-21-7-2-8-22-46)40-37-57-55-31-13-15-33-60(55)67(66(57)65,51-25-9-3-10-26-51)52-27-11-4-12-28-52/h2*1-44H. The van der Waals surface area contributed by atoms with Crippen molar-refractivity contribution < 1.29 is 0 Å². The molecule has 2 aliphatic carbocycles. The van der Waals surface area contributed by atoms with Gasteiger partial charge in [-0.3, -0.25) is 0 Å². The molecule has 0 atom stereocenters. The molecule has 644 valence electrons. The highest BCUT2D eigenvalue weighted by atomic mass is 15.0. The van der Waals surface area contributed by atoms with Crippen molar-refractivity contribution in [1.82, 2.24) is 18.3 Å². The number of nitrogens with zero attached hydrogens (tertiary/aromatic N) is 4. The fraction of sp³-hybridized carbons (Fsp3) is 0.0149. The Hall–Kier alpha value is -18.0. The van der Waals surface area contributed by atoms with Crippen LogP contribution in [0, 0.1) is 0 Å². The number of para-hydroxylation sites is 2. The van der Waals surface area contributed by atoms with Gasteiger partial charge in [0, 0.05) is 65.8 Å². The molecule has 4 aromatic heterocycles. The molecule has 0 radical (unpaired) electrons. The first-order valence-electron chi connectivity index (χ1n) is 47.8. The van der Waals surface area contributed by atoms with Gasteiger partial charge in [0.1, 0.15) is 0 Å². The Morgan fingerprint density at radius 3 is 0.804 bits per heavy atom. The van der Waals surface area contributed by atoms with Crippen LogP contribution in [0.5, 0.6) is 0 Å². The van der Waals surface area contributed by atoms with Gasteiger partial charge in [0.2, 0.25) is 0 Å². The molecule has 26 aromatic rings. The minimum Gasteiger partial charge on any atom is -0.309 e. The molecule has 138 heavy (non-hydrogen) atoms. The maximum absolute atomic E-state index is 2.51. The summed E-state index contributed by atoms with van der Waals surface area (Å²) in [5, 5.41) is 9.95. The van der Waals surface area contributed by atoms with E-state index in [1.807, 2.05) is 0 Å². The van der Waals surface area contributed by atoms with Crippen LogP contribution >= 0.6 is 0 Å². The Labute approximate surface area is 800 Å². The molecule has 2 aliphatic rings. The van der Waals surface area contributed by atoms with E-state index in [-0.39, 0.29) is 0 Å². The second-order valence-corrected chi connectivity index (χ2v) is 36.8. The lowest BCUT2D eigenvalue weighted by atomic mass is 9.67. The second-order valence-electron chi connectivity index (χ2n) is 36.8. The summed E-state index contributed by atoms with van der Waals surface area (Å²) < 4.78 is 9.85. The third-order valence-electron chi connectivity index (χ3n) is 29.5. The molecule has 0 saturated carbocycles. The Kier molecular flexibility index (Phi) is 18.8. The second kappa shape index (κ2) is 32.5.